The minimum atomic E-state index is -0.804. The second-order valence-corrected chi connectivity index (χ2v) is 13.3. The Morgan fingerprint density at radius 3 is 2.73 bits per heavy atom. The highest BCUT2D eigenvalue weighted by Crippen LogP contribution is 2.68. The van der Waals surface area contributed by atoms with Gasteiger partial charge in [-0.05, 0) is 111 Å². The van der Waals surface area contributed by atoms with E-state index in [2.05, 4.69) is 17.5 Å². The maximum Gasteiger partial charge on any atom is 0.168 e. The molecule has 0 heterocycles. The first-order chi connectivity index (χ1) is 17.5. The molecule has 8 heteroatoms. The molecule has 5 aliphatic carbocycles. The quantitative estimate of drug-likeness (QED) is 0.308. The number of methoxy groups -OCH3 is 1. The van der Waals surface area contributed by atoms with E-state index in [1.807, 2.05) is 14.0 Å². The van der Waals surface area contributed by atoms with Gasteiger partial charge in [0.2, 0.25) is 0 Å². The van der Waals surface area contributed by atoms with Gasteiger partial charge in [0.25, 0.3) is 0 Å². The lowest BCUT2D eigenvalue weighted by Crippen LogP contribution is -2.58. The number of allylic oxidation sites excluding steroid dienone is 4. The first-order valence-electron chi connectivity index (χ1n) is 13.9. The van der Waals surface area contributed by atoms with E-state index in [4.69, 9.17) is 21.7 Å². The molecule has 3 N–H and O–H groups in total. The Hall–Kier alpha value is -1.57. The summed E-state index contributed by atoms with van der Waals surface area (Å²) in [7, 11) is 1.82. The van der Waals surface area contributed by atoms with Crippen LogP contribution < -0.4 is 5.43 Å². The SMILES string of the molecule is COC[C@]12CC[C@@](C)(O)C[C@@H]1CC[C@H]1[C@@H]3CC[C@H](C(=O)CN/N=C4/C=CC(Cl)=C(F)C4=N)[C@@]3(C)CC[C@@H]12. The number of hydrazone groups is 1. The van der Waals surface area contributed by atoms with E-state index < -0.39 is 11.4 Å². The molecular weight excluding hydrogens is 493 g/mol. The summed E-state index contributed by atoms with van der Waals surface area (Å²) < 4.78 is 19.8. The van der Waals surface area contributed by atoms with Crippen molar-refractivity contribution in [1.82, 2.24) is 5.43 Å². The van der Waals surface area contributed by atoms with Crippen molar-refractivity contribution in [2.45, 2.75) is 77.2 Å². The minimum Gasteiger partial charge on any atom is -0.390 e. The van der Waals surface area contributed by atoms with Gasteiger partial charge < -0.3 is 15.3 Å². The summed E-state index contributed by atoms with van der Waals surface area (Å²) in [5.41, 5.74) is 2.13. The summed E-state index contributed by atoms with van der Waals surface area (Å²) >= 11 is 5.73. The summed E-state index contributed by atoms with van der Waals surface area (Å²) in [4.78, 5) is 13.4. The molecule has 5 aliphatic rings. The number of ether oxygens (including phenoxy) is 1. The van der Waals surface area contributed by atoms with Gasteiger partial charge in [-0.15, -0.1) is 0 Å². The van der Waals surface area contributed by atoms with E-state index in [-0.39, 0.29) is 45.5 Å². The molecule has 0 aromatic heterocycles. The number of nitrogens with one attached hydrogen (secondary N) is 2. The molecule has 0 spiro atoms. The Balaban J connectivity index is 1.28. The topological polar surface area (TPSA) is 94.8 Å². The van der Waals surface area contributed by atoms with Crippen LogP contribution in [0.3, 0.4) is 0 Å². The zero-order chi connectivity index (χ0) is 26.6. The van der Waals surface area contributed by atoms with Crippen molar-refractivity contribution >= 4 is 28.8 Å². The van der Waals surface area contributed by atoms with Crippen molar-refractivity contribution in [1.29, 1.82) is 5.41 Å². The number of halogens is 2. The monoisotopic (exact) mass is 533 g/mol. The highest BCUT2D eigenvalue weighted by molar-refractivity contribution is 6.53. The summed E-state index contributed by atoms with van der Waals surface area (Å²) in [5, 5.41) is 22.7. The summed E-state index contributed by atoms with van der Waals surface area (Å²) in [5.74, 6) is 1.57. The second kappa shape index (κ2) is 9.87. The van der Waals surface area contributed by atoms with Crippen molar-refractivity contribution in [3.63, 3.8) is 0 Å². The molecule has 4 saturated carbocycles. The lowest BCUT2D eigenvalue weighted by Gasteiger charge is -2.62. The number of carbonyl (C=O) groups is 1. The first kappa shape index (κ1) is 27.0. The Kier molecular flexibility index (Phi) is 7.21. The lowest BCUT2D eigenvalue weighted by molar-refractivity contribution is -0.175. The van der Waals surface area contributed by atoms with Crippen LogP contribution in [0.1, 0.15) is 71.6 Å². The van der Waals surface area contributed by atoms with Gasteiger partial charge in [-0.3, -0.25) is 10.2 Å². The van der Waals surface area contributed by atoms with Gasteiger partial charge in [-0.25, -0.2) is 4.39 Å². The maximum absolute atomic E-state index is 13.9. The summed E-state index contributed by atoms with van der Waals surface area (Å²) in [6.07, 6.45) is 12.1. The van der Waals surface area contributed by atoms with Crippen molar-refractivity contribution in [3.05, 3.63) is 23.0 Å². The van der Waals surface area contributed by atoms with Gasteiger partial charge in [-0.2, -0.15) is 5.10 Å². The van der Waals surface area contributed by atoms with Crippen LogP contribution in [-0.4, -0.2) is 48.2 Å². The molecule has 0 aromatic carbocycles. The van der Waals surface area contributed by atoms with Crippen LogP contribution in [0.4, 0.5) is 4.39 Å². The minimum absolute atomic E-state index is 0.0123. The van der Waals surface area contributed by atoms with Gasteiger partial charge in [0.05, 0.1) is 23.8 Å². The van der Waals surface area contributed by atoms with E-state index >= 15 is 0 Å². The number of nitrogens with zero attached hydrogens (tertiary/aromatic N) is 1. The Morgan fingerprint density at radius 1 is 1.19 bits per heavy atom. The number of fused-ring (bicyclic) bond motifs is 5. The third-order valence-electron chi connectivity index (χ3n) is 11.0. The molecular formula is C29H41ClFN3O3. The Morgan fingerprint density at radius 2 is 1.97 bits per heavy atom. The van der Waals surface area contributed by atoms with Crippen molar-refractivity contribution in [3.8, 4) is 0 Å². The summed E-state index contributed by atoms with van der Waals surface area (Å²) in [6.45, 7) is 5.18. The number of hydrogen-bond acceptors (Lipinski definition) is 6. The second-order valence-electron chi connectivity index (χ2n) is 12.9. The molecule has 6 nitrogen and oxygen atoms in total. The molecule has 37 heavy (non-hydrogen) atoms. The van der Waals surface area contributed by atoms with E-state index in [9.17, 15) is 14.3 Å². The third-order valence-corrected chi connectivity index (χ3v) is 11.3. The van der Waals surface area contributed by atoms with Crippen molar-refractivity contribution in [2.75, 3.05) is 20.3 Å². The van der Waals surface area contributed by atoms with Crippen LogP contribution in [0.5, 0.6) is 0 Å². The number of Topliss-reactive ketones (excluding diaryl/α,β-unsaturated/α-hetero) is 1. The first-order valence-corrected chi connectivity index (χ1v) is 14.3. The molecule has 0 amide bonds. The third kappa shape index (κ3) is 4.53. The molecule has 8 atom stereocenters. The zero-order valence-electron chi connectivity index (χ0n) is 22.3. The molecule has 5 rings (SSSR count). The van der Waals surface area contributed by atoms with E-state index in [1.54, 1.807) is 0 Å². The Labute approximate surface area is 224 Å². The van der Waals surface area contributed by atoms with Gasteiger partial charge in [0, 0.05) is 13.0 Å². The fourth-order valence-corrected chi connectivity index (χ4v) is 9.43. The van der Waals surface area contributed by atoms with E-state index in [1.165, 1.54) is 18.6 Å². The highest BCUT2D eigenvalue weighted by atomic mass is 35.5. The number of carbonyl (C=O) groups excluding carboxylic acids is 1. The average molecular weight is 534 g/mol. The fraction of sp³-hybridized carbons (Fsp3) is 0.759. The fourth-order valence-electron chi connectivity index (χ4n) is 9.27. The van der Waals surface area contributed by atoms with Gasteiger partial charge in [0.1, 0.15) is 11.4 Å². The van der Waals surface area contributed by atoms with E-state index in [0.29, 0.717) is 23.7 Å². The largest absolute Gasteiger partial charge is 0.390 e. The molecule has 0 aliphatic heterocycles. The van der Waals surface area contributed by atoms with Crippen molar-refractivity contribution in [2.24, 2.45) is 45.5 Å². The Bertz CT molecular complexity index is 1050. The molecule has 0 radical (unpaired) electrons. The molecule has 0 bridgehead atoms. The standard InChI is InChI=1S/C29H41ClFN3O3/c1-27(36)12-13-29(16-37-3)17(14-27)4-5-18-19-6-7-21(28(19,2)11-10-20(18)29)24(35)15-33-34-23-9-8-22(30)25(31)26(23)32/h8-9,17-21,32-33,36H,4-7,10-16H2,1-3H3/b32-26?,34-23-/t17-,18-,19-,20-,21+,27+,28-,29+/m0/s1. The van der Waals surface area contributed by atoms with Crippen LogP contribution in [0.2, 0.25) is 0 Å². The van der Waals surface area contributed by atoms with Gasteiger partial charge >= 0.3 is 0 Å². The normalized spacial score (nSPS) is 44.4. The van der Waals surface area contributed by atoms with Crippen LogP contribution >= 0.6 is 11.6 Å². The predicted molar refractivity (Wildman–Crippen MR) is 143 cm³/mol. The molecule has 204 valence electrons. The smallest absolute Gasteiger partial charge is 0.168 e. The zero-order valence-corrected chi connectivity index (χ0v) is 23.0. The predicted octanol–water partition coefficient (Wildman–Crippen LogP) is 5.55. The van der Waals surface area contributed by atoms with E-state index in [0.717, 1.165) is 58.0 Å². The number of hydrogen-bond donors (Lipinski definition) is 3. The number of ketones is 1. The summed E-state index contributed by atoms with van der Waals surface area (Å²) in [6, 6.07) is 0. The molecule has 4 fully saturated rings. The lowest BCUT2D eigenvalue weighted by atomic mass is 9.43. The number of rotatable bonds is 6. The van der Waals surface area contributed by atoms with Gasteiger partial charge in [-0.1, -0.05) is 18.5 Å². The molecule has 0 aromatic rings. The number of aliphatic hydroxyl groups is 1. The average Bonchev–Trinajstić information content (AvgIpc) is 3.21. The van der Waals surface area contributed by atoms with Gasteiger partial charge in [0.15, 0.2) is 11.6 Å². The molecule has 0 saturated heterocycles. The van der Waals surface area contributed by atoms with Crippen LogP contribution in [-0.2, 0) is 9.53 Å². The van der Waals surface area contributed by atoms with Crippen molar-refractivity contribution < 1.29 is 19.0 Å². The van der Waals surface area contributed by atoms with Crippen LogP contribution in [0.25, 0.3) is 0 Å². The maximum atomic E-state index is 13.9. The van der Waals surface area contributed by atoms with Crippen LogP contribution in [0.15, 0.2) is 28.1 Å². The van der Waals surface area contributed by atoms with Crippen LogP contribution in [0, 0.1) is 45.8 Å². The highest BCUT2D eigenvalue weighted by Gasteiger charge is 2.63. The molecule has 0 unspecified atom stereocenters.